The van der Waals surface area contributed by atoms with E-state index in [1.165, 1.54) is 28.8 Å². The molecule has 0 atom stereocenters. The van der Waals surface area contributed by atoms with Crippen LogP contribution in [0.2, 0.25) is 0 Å². The Bertz CT molecular complexity index is 1210. The maximum absolute atomic E-state index is 10.7. The Morgan fingerprint density at radius 3 is 1.29 bits per heavy atom. The smallest absolute Gasteiger partial charge is 0.132 e. The van der Waals surface area contributed by atoms with Crippen LogP contribution >= 0.6 is 0 Å². The largest absolute Gasteiger partial charge is 0.507 e. The number of nitrogens with zero attached hydrogens (tertiary/aromatic N) is 1. The molecule has 0 aliphatic carbocycles. The van der Waals surface area contributed by atoms with Crippen LogP contribution in [-0.4, -0.2) is 35.2 Å². The summed E-state index contributed by atoms with van der Waals surface area (Å²) in [6, 6.07) is 5.67. The van der Waals surface area contributed by atoms with Crippen LogP contribution in [0, 0.1) is 20.8 Å². The summed E-state index contributed by atoms with van der Waals surface area (Å²) in [6.45, 7) is 4.64. The first-order valence-electron chi connectivity index (χ1n) is 8.57. The molecule has 0 radical (unpaired) electrons. The fourth-order valence-corrected chi connectivity index (χ4v) is 3.53. The summed E-state index contributed by atoms with van der Waals surface area (Å²) in [5.41, 5.74) is 1.77. The molecule has 3 aromatic carbocycles. The third kappa shape index (κ3) is 2.16. The van der Waals surface area contributed by atoms with E-state index in [9.17, 15) is 30.6 Å². The third-order valence-corrected chi connectivity index (χ3v) is 5.34. The minimum Gasteiger partial charge on any atom is -0.507 e. The summed E-state index contributed by atoms with van der Waals surface area (Å²) in [6.07, 6.45) is 0. The first kappa shape index (κ1) is 17.7. The molecule has 7 nitrogen and oxygen atoms in total. The Kier molecular flexibility index (Phi) is 3.55. The molecule has 4 rings (SSSR count). The highest BCUT2D eigenvalue weighted by Gasteiger charge is 2.24. The first-order valence-corrected chi connectivity index (χ1v) is 8.57. The molecule has 0 unspecified atom stereocenters. The number of phenols is 6. The highest BCUT2D eigenvalue weighted by atomic mass is 16.3. The van der Waals surface area contributed by atoms with Crippen molar-refractivity contribution in [2.24, 2.45) is 0 Å². The quantitative estimate of drug-likeness (QED) is 0.296. The lowest BCUT2D eigenvalue weighted by atomic mass is 10.0. The summed E-state index contributed by atoms with van der Waals surface area (Å²) in [7, 11) is 0. The number of benzene rings is 3. The minimum atomic E-state index is -0.209. The molecule has 7 heteroatoms. The normalized spacial score (nSPS) is 11.5. The number of fused-ring (bicyclic) bond motifs is 3. The van der Waals surface area contributed by atoms with E-state index < -0.39 is 0 Å². The summed E-state index contributed by atoms with van der Waals surface area (Å²) in [4.78, 5) is 0. The van der Waals surface area contributed by atoms with E-state index in [-0.39, 0.29) is 56.4 Å². The van der Waals surface area contributed by atoms with Crippen LogP contribution in [0.15, 0.2) is 24.3 Å². The zero-order chi connectivity index (χ0) is 20.5. The molecule has 0 aliphatic heterocycles. The predicted octanol–water partition coefficient (Wildman–Crippen LogP) is 3.94. The van der Waals surface area contributed by atoms with Crippen molar-refractivity contribution in [3.63, 3.8) is 0 Å². The van der Waals surface area contributed by atoms with Crippen LogP contribution < -0.4 is 0 Å². The minimum absolute atomic E-state index is 0.147. The molecule has 1 aromatic heterocycles. The Hall–Kier alpha value is -3.74. The van der Waals surface area contributed by atoms with E-state index in [2.05, 4.69) is 0 Å². The molecule has 1 heterocycles. The maximum atomic E-state index is 10.7. The van der Waals surface area contributed by atoms with Crippen LogP contribution in [0.5, 0.6) is 34.5 Å². The van der Waals surface area contributed by atoms with Gasteiger partial charge in [-0.1, -0.05) is 0 Å². The number of hydrogen-bond acceptors (Lipinski definition) is 6. The summed E-state index contributed by atoms with van der Waals surface area (Å²) in [5, 5.41) is 62.7. The van der Waals surface area contributed by atoms with Crippen molar-refractivity contribution in [1.29, 1.82) is 0 Å². The van der Waals surface area contributed by atoms with Crippen LogP contribution in [0.4, 0.5) is 0 Å². The van der Waals surface area contributed by atoms with E-state index in [4.69, 9.17) is 0 Å². The second-order valence-electron chi connectivity index (χ2n) is 6.97. The zero-order valence-electron chi connectivity index (χ0n) is 15.4. The van der Waals surface area contributed by atoms with Gasteiger partial charge in [-0.2, -0.15) is 0 Å². The molecule has 28 heavy (non-hydrogen) atoms. The van der Waals surface area contributed by atoms with Crippen LogP contribution in [-0.2, 0) is 0 Å². The molecule has 0 fully saturated rings. The molecule has 0 bridgehead atoms. The molecule has 0 saturated heterocycles. The van der Waals surface area contributed by atoms with Gasteiger partial charge < -0.3 is 35.2 Å². The molecular weight excluding hydrogens is 362 g/mol. The van der Waals surface area contributed by atoms with Crippen molar-refractivity contribution in [3.05, 3.63) is 41.0 Å². The zero-order valence-corrected chi connectivity index (χ0v) is 15.4. The van der Waals surface area contributed by atoms with Gasteiger partial charge in [-0.25, -0.2) is 0 Å². The van der Waals surface area contributed by atoms with Gasteiger partial charge in [0.2, 0.25) is 0 Å². The van der Waals surface area contributed by atoms with Crippen molar-refractivity contribution in [2.45, 2.75) is 20.8 Å². The van der Waals surface area contributed by atoms with Crippen molar-refractivity contribution in [1.82, 2.24) is 4.57 Å². The highest BCUT2D eigenvalue weighted by Crippen LogP contribution is 2.48. The second kappa shape index (κ2) is 5.63. The Morgan fingerprint density at radius 1 is 0.536 bits per heavy atom. The van der Waals surface area contributed by atoms with E-state index in [1.807, 2.05) is 0 Å². The van der Waals surface area contributed by atoms with Gasteiger partial charge in [0.15, 0.2) is 0 Å². The van der Waals surface area contributed by atoms with Crippen molar-refractivity contribution in [3.8, 4) is 40.2 Å². The first-order chi connectivity index (χ1) is 13.1. The van der Waals surface area contributed by atoms with Gasteiger partial charge in [-0.05, 0) is 20.8 Å². The van der Waals surface area contributed by atoms with Gasteiger partial charge in [-0.15, -0.1) is 0 Å². The number of rotatable bonds is 1. The third-order valence-electron chi connectivity index (χ3n) is 5.34. The fraction of sp³-hybridized carbons (Fsp3) is 0.143. The van der Waals surface area contributed by atoms with Gasteiger partial charge in [0.05, 0.1) is 27.5 Å². The monoisotopic (exact) mass is 381 g/mol. The molecule has 0 aliphatic rings. The average Bonchev–Trinajstić information content (AvgIpc) is 2.95. The van der Waals surface area contributed by atoms with Crippen molar-refractivity contribution < 1.29 is 30.6 Å². The van der Waals surface area contributed by atoms with Crippen LogP contribution in [0.25, 0.3) is 27.5 Å². The van der Waals surface area contributed by atoms with Gasteiger partial charge in [-0.3, -0.25) is 0 Å². The lowest BCUT2D eigenvalue weighted by molar-refractivity contribution is 0.443. The van der Waals surface area contributed by atoms with Crippen molar-refractivity contribution >= 4 is 21.8 Å². The molecule has 0 saturated carbocycles. The standard InChI is InChI=1S/C21H19NO6/c1-8-14(23)4-11(5-15(8)24)22-12-6-16(25)9(2)20(27)18(12)19-13(22)7-17(26)10(3)21(19)28/h4-7,23-28H,1-3H3. The van der Waals surface area contributed by atoms with E-state index in [1.54, 1.807) is 20.8 Å². The van der Waals surface area contributed by atoms with Gasteiger partial charge in [0.1, 0.15) is 34.5 Å². The molecule has 0 spiro atoms. The van der Waals surface area contributed by atoms with Gasteiger partial charge >= 0.3 is 0 Å². The number of hydrogen-bond donors (Lipinski definition) is 6. The average molecular weight is 381 g/mol. The molecule has 4 aromatic rings. The topological polar surface area (TPSA) is 126 Å². The van der Waals surface area contributed by atoms with E-state index in [0.717, 1.165) is 0 Å². The van der Waals surface area contributed by atoms with Gasteiger partial charge in [0, 0.05) is 41.0 Å². The molecule has 144 valence electrons. The SMILES string of the molecule is Cc1c(O)cc(-n2c3cc(O)c(C)c(O)c3c3c(O)c(C)c(O)cc32)cc1O. The van der Waals surface area contributed by atoms with E-state index in [0.29, 0.717) is 22.3 Å². The molecule has 0 amide bonds. The lowest BCUT2D eigenvalue weighted by Gasteiger charge is -2.12. The Labute approximate surface area is 159 Å². The Morgan fingerprint density at radius 2 is 0.893 bits per heavy atom. The fourth-order valence-electron chi connectivity index (χ4n) is 3.53. The Balaban J connectivity index is 2.32. The number of phenolic OH excluding ortho intramolecular Hbond substituents is 6. The second-order valence-corrected chi connectivity index (χ2v) is 6.97. The summed E-state index contributed by atoms with van der Waals surface area (Å²) >= 11 is 0. The lowest BCUT2D eigenvalue weighted by Crippen LogP contribution is -1.95. The van der Waals surface area contributed by atoms with Crippen molar-refractivity contribution in [2.75, 3.05) is 0 Å². The number of aromatic nitrogens is 1. The predicted molar refractivity (Wildman–Crippen MR) is 105 cm³/mol. The molecular formula is C21H19NO6. The van der Waals surface area contributed by atoms with Crippen LogP contribution in [0.1, 0.15) is 16.7 Å². The van der Waals surface area contributed by atoms with Crippen LogP contribution in [0.3, 0.4) is 0 Å². The summed E-state index contributed by atoms with van der Waals surface area (Å²) < 4.78 is 1.53. The van der Waals surface area contributed by atoms with Gasteiger partial charge in [0.25, 0.3) is 0 Å². The summed E-state index contributed by atoms with van der Waals surface area (Å²) in [5.74, 6) is -1.03. The highest BCUT2D eigenvalue weighted by molar-refractivity contribution is 6.16. The molecule has 6 N–H and O–H groups in total. The number of aromatic hydroxyl groups is 6. The maximum Gasteiger partial charge on any atom is 0.132 e. The van der Waals surface area contributed by atoms with E-state index >= 15 is 0 Å².